The van der Waals surface area contributed by atoms with Gasteiger partial charge in [0.15, 0.2) is 5.13 Å². The normalized spacial score (nSPS) is 18.4. The first-order valence-electron chi connectivity index (χ1n) is 9.41. The van der Waals surface area contributed by atoms with Crippen LogP contribution in [0.15, 0.2) is 30.5 Å². The third-order valence-corrected chi connectivity index (χ3v) is 5.79. The van der Waals surface area contributed by atoms with Crippen LogP contribution in [-0.2, 0) is 16.0 Å². The van der Waals surface area contributed by atoms with E-state index < -0.39 is 6.10 Å². The summed E-state index contributed by atoms with van der Waals surface area (Å²) in [5.41, 5.74) is 2.11. The third-order valence-electron chi connectivity index (χ3n) is 4.77. The fraction of sp³-hybridized carbons (Fsp3) is 0.381. The second kappa shape index (κ2) is 9.54. The Morgan fingerprint density at radius 3 is 2.90 bits per heavy atom. The summed E-state index contributed by atoms with van der Waals surface area (Å²) in [5.74, 6) is 2.04. The number of ether oxygens (including phenoxy) is 1. The van der Waals surface area contributed by atoms with Crippen LogP contribution in [0.1, 0.15) is 40.2 Å². The molecule has 0 saturated carbocycles. The number of nitrogens with one attached hydrogen (secondary N) is 3. The fourth-order valence-corrected chi connectivity index (χ4v) is 3.96. The molecule has 1 unspecified atom stereocenters. The van der Waals surface area contributed by atoms with Gasteiger partial charge in [-0.05, 0) is 24.5 Å². The molecule has 152 valence electrons. The Labute approximate surface area is 174 Å². The second-order valence-electron chi connectivity index (χ2n) is 6.72. The first kappa shape index (κ1) is 20.8. The molecule has 0 radical (unpaired) electrons. The van der Waals surface area contributed by atoms with Gasteiger partial charge in [-0.3, -0.25) is 9.59 Å². The number of carbonyl (C=O) groups excluding carboxylic acids is 2. The van der Waals surface area contributed by atoms with Crippen LogP contribution in [-0.4, -0.2) is 42.6 Å². The van der Waals surface area contributed by atoms with Crippen molar-refractivity contribution < 1.29 is 14.3 Å². The van der Waals surface area contributed by atoms with Gasteiger partial charge in [-0.25, -0.2) is 4.98 Å². The average Bonchev–Trinajstić information content (AvgIpc) is 3.33. The van der Waals surface area contributed by atoms with Gasteiger partial charge in [0.1, 0.15) is 11.0 Å². The lowest BCUT2D eigenvalue weighted by Gasteiger charge is -2.24. The summed E-state index contributed by atoms with van der Waals surface area (Å²) >= 11 is 1.28. The van der Waals surface area contributed by atoms with Crippen LogP contribution in [0, 0.1) is 12.3 Å². The number of hydrogen-bond acceptors (Lipinski definition) is 6. The van der Waals surface area contributed by atoms with Crippen molar-refractivity contribution in [3.63, 3.8) is 0 Å². The van der Waals surface area contributed by atoms with E-state index in [9.17, 15) is 9.59 Å². The molecule has 3 N–H and O–H groups in total. The lowest BCUT2D eigenvalue weighted by Crippen LogP contribution is -2.47. The Balaban J connectivity index is 1.72. The molecule has 3 rings (SSSR count). The molecule has 0 spiro atoms. The maximum Gasteiger partial charge on any atom is 0.263 e. The van der Waals surface area contributed by atoms with Crippen LogP contribution < -0.4 is 16.0 Å². The van der Waals surface area contributed by atoms with Crippen molar-refractivity contribution in [1.82, 2.24) is 15.6 Å². The van der Waals surface area contributed by atoms with Gasteiger partial charge in [0.05, 0.1) is 24.9 Å². The van der Waals surface area contributed by atoms with Crippen LogP contribution in [0.2, 0.25) is 0 Å². The molecule has 0 aliphatic heterocycles. The van der Waals surface area contributed by atoms with Gasteiger partial charge < -0.3 is 20.7 Å². The zero-order valence-electron chi connectivity index (χ0n) is 16.4. The van der Waals surface area contributed by atoms with Gasteiger partial charge >= 0.3 is 0 Å². The van der Waals surface area contributed by atoms with E-state index in [0.29, 0.717) is 29.5 Å². The quantitative estimate of drug-likeness (QED) is 0.456. The maximum atomic E-state index is 12.8. The van der Waals surface area contributed by atoms with Crippen molar-refractivity contribution in [2.75, 3.05) is 19.0 Å². The SMILES string of the molecule is C#CCCOC(C)C(=O)N[C@@H]1Cc2ccccc2[C@H]1NC(=O)c1cnc(NC)s1. The predicted molar refractivity (Wildman–Crippen MR) is 113 cm³/mol. The smallest absolute Gasteiger partial charge is 0.263 e. The van der Waals surface area contributed by atoms with Crippen molar-refractivity contribution in [1.29, 1.82) is 0 Å². The summed E-state index contributed by atoms with van der Waals surface area (Å²) < 4.78 is 5.48. The molecule has 3 atom stereocenters. The van der Waals surface area contributed by atoms with E-state index in [4.69, 9.17) is 11.2 Å². The summed E-state index contributed by atoms with van der Waals surface area (Å²) in [7, 11) is 1.76. The number of thiazole rings is 1. The molecule has 1 heterocycles. The zero-order valence-corrected chi connectivity index (χ0v) is 17.2. The summed E-state index contributed by atoms with van der Waals surface area (Å²) in [5, 5.41) is 9.67. The fourth-order valence-electron chi connectivity index (χ4n) is 3.29. The monoisotopic (exact) mass is 412 g/mol. The minimum Gasteiger partial charge on any atom is -0.368 e. The molecule has 1 aromatic carbocycles. The van der Waals surface area contributed by atoms with E-state index in [1.54, 1.807) is 20.2 Å². The molecule has 1 aromatic heterocycles. The zero-order chi connectivity index (χ0) is 20.8. The highest BCUT2D eigenvalue weighted by atomic mass is 32.1. The topological polar surface area (TPSA) is 92.4 Å². The van der Waals surface area contributed by atoms with Gasteiger partial charge in [-0.15, -0.1) is 12.3 Å². The van der Waals surface area contributed by atoms with Gasteiger partial charge in [0, 0.05) is 13.5 Å². The Kier molecular flexibility index (Phi) is 6.86. The summed E-state index contributed by atoms with van der Waals surface area (Å²) in [6.45, 7) is 2.02. The summed E-state index contributed by atoms with van der Waals surface area (Å²) in [6.07, 6.45) is 7.22. The minimum atomic E-state index is -0.622. The van der Waals surface area contributed by atoms with Gasteiger partial charge in [-0.2, -0.15) is 0 Å². The van der Waals surface area contributed by atoms with Gasteiger partial charge in [-0.1, -0.05) is 35.6 Å². The van der Waals surface area contributed by atoms with Crippen LogP contribution in [0.4, 0.5) is 5.13 Å². The van der Waals surface area contributed by atoms with E-state index in [1.807, 2.05) is 24.3 Å². The van der Waals surface area contributed by atoms with E-state index in [1.165, 1.54) is 11.3 Å². The van der Waals surface area contributed by atoms with E-state index in [0.717, 1.165) is 11.1 Å². The number of nitrogens with zero attached hydrogens (tertiary/aromatic N) is 1. The molecule has 29 heavy (non-hydrogen) atoms. The largest absolute Gasteiger partial charge is 0.368 e. The number of anilines is 1. The van der Waals surface area contributed by atoms with Crippen molar-refractivity contribution in [3.8, 4) is 12.3 Å². The molecule has 7 nitrogen and oxygen atoms in total. The molecule has 0 saturated heterocycles. The molecule has 0 bridgehead atoms. The number of amides is 2. The molecule has 1 aliphatic carbocycles. The van der Waals surface area contributed by atoms with E-state index >= 15 is 0 Å². The number of carbonyl (C=O) groups is 2. The number of aromatic nitrogens is 1. The maximum absolute atomic E-state index is 12.8. The standard InChI is InChI=1S/C21H24N4O3S/c1-4-5-10-28-13(2)19(26)24-16-11-14-8-6-7-9-15(14)18(16)25-20(27)17-12-23-21(22-3)29-17/h1,6-9,12-13,16,18H,5,10-11H2,2-3H3,(H,22,23)(H,24,26)(H,25,27)/t13?,16-,18-/m1/s1. The summed E-state index contributed by atoms with van der Waals surface area (Å²) in [4.78, 5) is 30.0. The number of hydrogen-bond donors (Lipinski definition) is 3. The number of terminal acetylenes is 1. The molecule has 8 heteroatoms. The van der Waals surface area contributed by atoms with Crippen molar-refractivity contribution in [2.45, 2.75) is 38.0 Å². The number of fused-ring (bicyclic) bond motifs is 1. The average molecular weight is 413 g/mol. The van der Waals surface area contributed by atoms with Crippen molar-refractivity contribution in [3.05, 3.63) is 46.5 Å². The Bertz CT molecular complexity index is 921. The molecule has 2 aromatic rings. The molecule has 1 aliphatic rings. The third kappa shape index (κ3) is 4.94. The highest BCUT2D eigenvalue weighted by molar-refractivity contribution is 7.17. The molecular formula is C21H24N4O3S. The highest BCUT2D eigenvalue weighted by Gasteiger charge is 2.35. The van der Waals surface area contributed by atoms with Crippen molar-refractivity contribution >= 4 is 28.3 Å². The Morgan fingerprint density at radius 2 is 2.17 bits per heavy atom. The van der Waals surface area contributed by atoms with Crippen LogP contribution in [0.25, 0.3) is 0 Å². The van der Waals surface area contributed by atoms with E-state index in [-0.39, 0.29) is 23.9 Å². The Hall–Kier alpha value is -2.89. The lowest BCUT2D eigenvalue weighted by molar-refractivity contribution is -0.132. The van der Waals surface area contributed by atoms with Crippen LogP contribution >= 0.6 is 11.3 Å². The van der Waals surface area contributed by atoms with Gasteiger partial charge in [0.25, 0.3) is 5.91 Å². The first-order valence-corrected chi connectivity index (χ1v) is 10.2. The molecular weight excluding hydrogens is 388 g/mol. The summed E-state index contributed by atoms with van der Waals surface area (Å²) in [6, 6.07) is 7.28. The Morgan fingerprint density at radius 1 is 1.38 bits per heavy atom. The second-order valence-corrected chi connectivity index (χ2v) is 7.75. The number of benzene rings is 1. The molecule has 2 amide bonds. The predicted octanol–water partition coefficient (Wildman–Crippen LogP) is 2.13. The highest BCUT2D eigenvalue weighted by Crippen LogP contribution is 2.32. The van der Waals surface area contributed by atoms with Crippen LogP contribution in [0.3, 0.4) is 0 Å². The first-order chi connectivity index (χ1) is 14.0. The van der Waals surface area contributed by atoms with Crippen molar-refractivity contribution in [2.24, 2.45) is 0 Å². The van der Waals surface area contributed by atoms with E-state index in [2.05, 4.69) is 26.9 Å². The molecule has 0 fully saturated rings. The van der Waals surface area contributed by atoms with Gasteiger partial charge in [0.2, 0.25) is 5.91 Å². The lowest BCUT2D eigenvalue weighted by atomic mass is 10.1. The van der Waals surface area contributed by atoms with Crippen LogP contribution in [0.5, 0.6) is 0 Å². The number of rotatable bonds is 8. The minimum absolute atomic E-state index is 0.219.